The van der Waals surface area contributed by atoms with E-state index >= 15 is 0 Å². The SMILES string of the molecule is COCc1cc(-c2nnc3n2N=C(OCc2ccc(CC(F)F)cn2)C2=CC=CCC23)no1. The van der Waals surface area contributed by atoms with Crippen LogP contribution in [-0.4, -0.2) is 44.4 Å². The van der Waals surface area contributed by atoms with Crippen molar-refractivity contribution in [3.8, 4) is 11.5 Å². The molecule has 3 aromatic heterocycles. The summed E-state index contributed by atoms with van der Waals surface area (Å²) in [7, 11) is 1.57. The predicted molar refractivity (Wildman–Crippen MR) is 112 cm³/mol. The quantitative estimate of drug-likeness (QED) is 0.537. The Balaban J connectivity index is 1.42. The van der Waals surface area contributed by atoms with Gasteiger partial charge in [-0.2, -0.15) is 4.68 Å². The Hall–Kier alpha value is -3.73. The Morgan fingerprint density at radius 3 is 2.94 bits per heavy atom. The molecular weight excluding hydrogens is 434 g/mol. The van der Waals surface area contributed by atoms with Crippen LogP contribution < -0.4 is 0 Å². The van der Waals surface area contributed by atoms with Crippen LogP contribution in [0.3, 0.4) is 0 Å². The highest BCUT2D eigenvalue weighted by molar-refractivity contribution is 5.96. The minimum atomic E-state index is -2.41. The van der Waals surface area contributed by atoms with E-state index < -0.39 is 6.43 Å². The molecule has 0 fully saturated rings. The van der Waals surface area contributed by atoms with Gasteiger partial charge in [-0.25, -0.2) is 8.78 Å². The van der Waals surface area contributed by atoms with Crippen LogP contribution in [0.4, 0.5) is 8.78 Å². The average molecular weight is 454 g/mol. The minimum Gasteiger partial charge on any atom is -0.470 e. The van der Waals surface area contributed by atoms with Gasteiger partial charge in [-0.15, -0.1) is 15.3 Å². The first kappa shape index (κ1) is 21.1. The fourth-order valence-corrected chi connectivity index (χ4v) is 3.73. The first-order valence-electron chi connectivity index (χ1n) is 10.3. The molecule has 0 saturated heterocycles. The summed E-state index contributed by atoms with van der Waals surface area (Å²) in [6.45, 7) is 0.422. The molecule has 1 atom stereocenters. The van der Waals surface area contributed by atoms with E-state index in [1.807, 2.05) is 18.2 Å². The summed E-state index contributed by atoms with van der Waals surface area (Å²) in [5.41, 5.74) is 2.45. The topological polar surface area (TPSA) is 100 Å². The van der Waals surface area contributed by atoms with Crippen molar-refractivity contribution >= 4 is 5.90 Å². The number of methoxy groups -OCH3 is 1. The number of allylic oxidation sites excluding steroid dienone is 3. The van der Waals surface area contributed by atoms with E-state index in [1.165, 1.54) is 6.20 Å². The first-order chi connectivity index (χ1) is 16.1. The van der Waals surface area contributed by atoms with Gasteiger partial charge in [0, 0.05) is 31.4 Å². The summed E-state index contributed by atoms with van der Waals surface area (Å²) in [6.07, 6.45) is 5.37. The summed E-state index contributed by atoms with van der Waals surface area (Å²) in [5.74, 6) is 2.01. The fraction of sp³-hybridized carbons (Fsp3) is 0.318. The summed E-state index contributed by atoms with van der Waals surface area (Å²) < 4.78 is 43.1. The number of ether oxygens (including phenoxy) is 2. The highest BCUT2D eigenvalue weighted by Gasteiger charge is 2.34. The molecule has 5 rings (SSSR count). The third-order valence-corrected chi connectivity index (χ3v) is 5.28. The molecule has 1 unspecified atom stereocenters. The van der Waals surface area contributed by atoms with Gasteiger partial charge in [0.15, 0.2) is 17.3 Å². The number of hydrogen-bond donors (Lipinski definition) is 0. The van der Waals surface area contributed by atoms with Gasteiger partial charge in [-0.3, -0.25) is 4.98 Å². The molecule has 170 valence electrons. The number of nitrogens with zero attached hydrogens (tertiary/aromatic N) is 6. The van der Waals surface area contributed by atoms with Crippen LogP contribution in [0.2, 0.25) is 0 Å². The molecule has 0 bridgehead atoms. The standard InChI is InChI=1S/C22H20F2N6O3/c1-31-12-15-9-18(29-33-15)21-27-26-20-16-4-2-3-5-17(16)22(28-30(20)21)32-11-14-7-6-13(10-25-14)8-19(23)24/h2-3,5-7,9-10,16,19H,4,8,11-12H2,1H3. The molecule has 11 heteroatoms. The molecular formula is C22H20F2N6O3. The number of halogens is 2. The first-order valence-corrected chi connectivity index (χ1v) is 10.3. The summed E-state index contributed by atoms with van der Waals surface area (Å²) in [4.78, 5) is 4.23. The second-order valence-electron chi connectivity index (χ2n) is 7.59. The Bertz CT molecular complexity index is 1230. The number of aromatic nitrogens is 5. The van der Waals surface area contributed by atoms with Gasteiger partial charge in [-0.05, 0) is 18.1 Å². The van der Waals surface area contributed by atoms with Crippen molar-refractivity contribution in [3.63, 3.8) is 0 Å². The largest absolute Gasteiger partial charge is 0.470 e. The average Bonchev–Trinajstić information content (AvgIpc) is 3.45. The van der Waals surface area contributed by atoms with Crippen LogP contribution in [0.1, 0.15) is 35.2 Å². The van der Waals surface area contributed by atoms with E-state index in [4.69, 9.17) is 14.0 Å². The van der Waals surface area contributed by atoms with Crippen molar-refractivity contribution in [1.29, 1.82) is 0 Å². The normalized spacial score (nSPS) is 16.9. The molecule has 0 radical (unpaired) electrons. The third kappa shape index (κ3) is 4.31. The molecule has 33 heavy (non-hydrogen) atoms. The highest BCUT2D eigenvalue weighted by Crippen LogP contribution is 2.36. The molecule has 1 aliphatic heterocycles. The maximum atomic E-state index is 12.6. The third-order valence-electron chi connectivity index (χ3n) is 5.28. The van der Waals surface area contributed by atoms with E-state index in [9.17, 15) is 8.78 Å². The Morgan fingerprint density at radius 2 is 2.15 bits per heavy atom. The molecule has 0 saturated carbocycles. The zero-order chi connectivity index (χ0) is 22.8. The Labute approximate surface area is 187 Å². The molecule has 2 aliphatic rings. The van der Waals surface area contributed by atoms with Crippen LogP contribution in [-0.2, 0) is 29.1 Å². The molecule has 9 nitrogen and oxygen atoms in total. The van der Waals surface area contributed by atoms with E-state index in [-0.39, 0.29) is 25.6 Å². The van der Waals surface area contributed by atoms with E-state index in [2.05, 4.69) is 25.4 Å². The summed E-state index contributed by atoms with van der Waals surface area (Å²) in [6, 6.07) is 5.04. The van der Waals surface area contributed by atoms with Gasteiger partial charge < -0.3 is 14.0 Å². The maximum Gasteiger partial charge on any atom is 0.242 e. The molecule has 0 N–H and O–H groups in total. The highest BCUT2D eigenvalue weighted by atomic mass is 19.3. The molecule has 0 aromatic carbocycles. The summed E-state index contributed by atoms with van der Waals surface area (Å²) in [5, 5.41) is 17.3. The maximum absolute atomic E-state index is 12.6. The minimum absolute atomic E-state index is 0.0736. The molecule has 4 heterocycles. The number of rotatable bonds is 7. The van der Waals surface area contributed by atoms with Crippen LogP contribution in [0, 0.1) is 0 Å². The number of fused-ring (bicyclic) bond motifs is 3. The van der Waals surface area contributed by atoms with E-state index in [0.29, 0.717) is 40.3 Å². The number of hydrogen-bond acceptors (Lipinski definition) is 8. The van der Waals surface area contributed by atoms with Crippen molar-refractivity contribution in [2.75, 3.05) is 7.11 Å². The zero-order valence-electron chi connectivity index (χ0n) is 17.7. The van der Waals surface area contributed by atoms with Crippen molar-refractivity contribution < 1.29 is 22.8 Å². The lowest BCUT2D eigenvalue weighted by Crippen LogP contribution is -2.25. The van der Waals surface area contributed by atoms with Crippen LogP contribution >= 0.6 is 0 Å². The van der Waals surface area contributed by atoms with Gasteiger partial charge in [0.25, 0.3) is 0 Å². The van der Waals surface area contributed by atoms with Crippen LogP contribution in [0.25, 0.3) is 11.5 Å². The van der Waals surface area contributed by atoms with Gasteiger partial charge in [-0.1, -0.05) is 29.5 Å². The lowest BCUT2D eigenvalue weighted by molar-refractivity contribution is 0.149. The van der Waals surface area contributed by atoms with Gasteiger partial charge in [0.05, 0.1) is 11.6 Å². The monoisotopic (exact) mass is 454 g/mol. The predicted octanol–water partition coefficient (Wildman–Crippen LogP) is 3.64. The van der Waals surface area contributed by atoms with Crippen molar-refractivity contribution in [1.82, 2.24) is 25.0 Å². The molecule has 3 aromatic rings. The van der Waals surface area contributed by atoms with Gasteiger partial charge in [0.1, 0.15) is 13.2 Å². The fourth-order valence-electron chi connectivity index (χ4n) is 3.73. The lowest BCUT2D eigenvalue weighted by Gasteiger charge is -2.26. The smallest absolute Gasteiger partial charge is 0.242 e. The Kier molecular flexibility index (Phi) is 5.78. The molecule has 0 spiro atoms. The zero-order valence-corrected chi connectivity index (χ0v) is 17.7. The summed E-state index contributed by atoms with van der Waals surface area (Å²) >= 11 is 0. The van der Waals surface area contributed by atoms with E-state index in [0.717, 1.165) is 12.0 Å². The molecule has 1 aliphatic carbocycles. The van der Waals surface area contributed by atoms with E-state index in [1.54, 1.807) is 30.0 Å². The van der Waals surface area contributed by atoms with Crippen LogP contribution in [0.15, 0.2) is 57.8 Å². The van der Waals surface area contributed by atoms with Gasteiger partial charge >= 0.3 is 0 Å². The van der Waals surface area contributed by atoms with Crippen molar-refractivity contribution in [2.45, 2.75) is 38.4 Å². The van der Waals surface area contributed by atoms with Gasteiger partial charge in [0.2, 0.25) is 18.1 Å². The number of alkyl halides is 2. The number of pyridine rings is 1. The lowest BCUT2D eigenvalue weighted by atomic mass is 9.90. The van der Waals surface area contributed by atoms with Crippen molar-refractivity contribution in [2.24, 2.45) is 5.10 Å². The van der Waals surface area contributed by atoms with Crippen molar-refractivity contribution in [3.05, 3.63) is 71.0 Å². The second-order valence-corrected chi connectivity index (χ2v) is 7.59. The van der Waals surface area contributed by atoms with Crippen LogP contribution in [0.5, 0.6) is 0 Å². The second kappa shape index (κ2) is 9.02. The molecule has 0 amide bonds. The Morgan fingerprint density at radius 1 is 1.24 bits per heavy atom.